The van der Waals surface area contributed by atoms with Crippen LogP contribution in [-0.2, 0) is 5.60 Å². The van der Waals surface area contributed by atoms with Crippen molar-refractivity contribution < 1.29 is 13.9 Å². The van der Waals surface area contributed by atoms with Crippen LogP contribution in [0.5, 0.6) is 0 Å². The van der Waals surface area contributed by atoms with Gasteiger partial charge in [-0.3, -0.25) is 0 Å². The minimum absolute atomic E-state index is 0.00111. The average Bonchev–Trinajstić information content (AvgIpc) is 2.71. The van der Waals surface area contributed by atoms with Crippen molar-refractivity contribution in [2.75, 3.05) is 0 Å². The number of benzene rings is 1. The average molecular weight is 281 g/mol. The Bertz CT molecular complexity index is 557. The van der Waals surface area contributed by atoms with Crippen molar-refractivity contribution in [3.05, 3.63) is 34.9 Å². The third-order valence-corrected chi connectivity index (χ3v) is 5.58. The maximum Gasteiger partial charge on any atom is 0.141 e. The second-order valence-electron chi connectivity index (χ2n) is 5.32. The molecule has 2 aliphatic heterocycles. The summed E-state index contributed by atoms with van der Waals surface area (Å²) in [5.74, 6) is -1.45. The zero-order chi connectivity index (χ0) is 13.6. The maximum absolute atomic E-state index is 14.0. The maximum atomic E-state index is 14.0. The molecular formula is C14H13F2NOS. The van der Waals surface area contributed by atoms with Crippen LogP contribution in [0.3, 0.4) is 0 Å². The van der Waals surface area contributed by atoms with Crippen molar-refractivity contribution in [2.45, 2.75) is 41.8 Å². The van der Waals surface area contributed by atoms with E-state index < -0.39 is 17.2 Å². The van der Waals surface area contributed by atoms with Gasteiger partial charge in [-0.25, -0.2) is 8.78 Å². The minimum atomic E-state index is -1.30. The zero-order valence-electron chi connectivity index (χ0n) is 10.2. The van der Waals surface area contributed by atoms with Gasteiger partial charge in [-0.05, 0) is 37.8 Å². The number of nitriles is 1. The highest BCUT2D eigenvalue weighted by Gasteiger charge is 2.45. The first kappa shape index (κ1) is 12.9. The van der Waals surface area contributed by atoms with E-state index in [1.165, 1.54) is 0 Å². The highest BCUT2D eigenvalue weighted by atomic mass is 32.2. The van der Waals surface area contributed by atoms with E-state index in [0.29, 0.717) is 23.3 Å². The Hall–Kier alpha value is -1.12. The summed E-state index contributed by atoms with van der Waals surface area (Å²) >= 11 is 1.84. The second-order valence-corrected chi connectivity index (χ2v) is 6.93. The van der Waals surface area contributed by atoms with Gasteiger partial charge in [-0.1, -0.05) is 0 Å². The molecule has 1 aromatic carbocycles. The molecule has 2 saturated heterocycles. The molecular weight excluding hydrogens is 268 g/mol. The monoisotopic (exact) mass is 281 g/mol. The predicted molar refractivity (Wildman–Crippen MR) is 68.6 cm³/mol. The number of nitrogens with zero attached hydrogens (tertiary/aromatic N) is 1. The van der Waals surface area contributed by atoms with Crippen LogP contribution in [0, 0.1) is 23.0 Å². The Morgan fingerprint density at radius 3 is 2.42 bits per heavy atom. The van der Waals surface area contributed by atoms with Crippen molar-refractivity contribution in [3.8, 4) is 6.07 Å². The Labute approximate surface area is 114 Å². The van der Waals surface area contributed by atoms with Gasteiger partial charge in [0.1, 0.15) is 17.7 Å². The van der Waals surface area contributed by atoms with Crippen LogP contribution >= 0.6 is 11.8 Å². The molecule has 1 N–H and O–H groups in total. The van der Waals surface area contributed by atoms with Crippen LogP contribution < -0.4 is 0 Å². The van der Waals surface area contributed by atoms with Crippen molar-refractivity contribution in [1.82, 2.24) is 0 Å². The van der Waals surface area contributed by atoms with Crippen LogP contribution in [0.1, 0.15) is 36.8 Å². The highest BCUT2D eigenvalue weighted by molar-refractivity contribution is 8.00. The fourth-order valence-corrected chi connectivity index (χ4v) is 4.96. The minimum Gasteiger partial charge on any atom is -0.385 e. The zero-order valence-corrected chi connectivity index (χ0v) is 11.0. The molecule has 0 saturated carbocycles. The smallest absolute Gasteiger partial charge is 0.141 e. The molecule has 100 valence electrons. The third-order valence-electron chi connectivity index (χ3n) is 4.00. The molecule has 2 atom stereocenters. The van der Waals surface area contributed by atoms with Gasteiger partial charge in [0.05, 0.1) is 11.2 Å². The fraction of sp³-hybridized carbons (Fsp3) is 0.500. The van der Waals surface area contributed by atoms with Gasteiger partial charge in [0, 0.05) is 16.1 Å². The molecule has 19 heavy (non-hydrogen) atoms. The summed E-state index contributed by atoms with van der Waals surface area (Å²) in [6.45, 7) is 0. The van der Waals surface area contributed by atoms with Crippen LogP contribution in [0.4, 0.5) is 8.78 Å². The molecule has 3 rings (SSSR count). The summed E-state index contributed by atoms with van der Waals surface area (Å²) in [7, 11) is 0. The molecule has 2 nitrogen and oxygen atoms in total. The summed E-state index contributed by atoms with van der Waals surface area (Å²) in [5, 5.41) is 20.0. The molecule has 5 heteroatoms. The molecule has 0 spiro atoms. The molecule has 2 aliphatic rings. The largest absolute Gasteiger partial charge is 0.385 e. The SMILES string of the molecule is N#Cc1cc(F)c(C2(O)CC3CCC(C2)S3)cc1F. The van der Waals surface area contributed by atoms with Crippen molar-refractivity contribution in [2.24, 2.45) is 0 Å². The Morgan fingerprint density at radius 1 is 1.21 bits per heavy atom. The number of fused-ring (bicyclic) bond motifs is 2. The van der Waals surface area contributed by atoms with E-state index in [2.05, 4.69) is 0 Å². The van der Waals surface area contributed by atoms with E-state index in [4.69, 9.17) is 5.26 Å². The molecule has 2 unspecified atom stereocenters. The van der Waals surface area contributed by atoms with E-state index in [1.54, 1.807) is 6.07 Å². The van der Waals surface area contributed by atoms with Crippen LogP contribution in [0.25, 0.3) is 0 Å². The van der Waals surface area contributed by atoms with E-state index in [0.717, 1.165) is 25.0 Å². The first-order chi connectivity index (χ1) is 9.01. The summed E-state index contributed by atoms with van der Waals surface area (Å²) < 4.78 is 27.7. The van der Waals surface area contributed by atoms with E-state index in [1.807, 2.05) is 11.8 Å². The topological polar surface area (TPSA) is 44.0 Å². The van der Waals surface area contributed by atoms with E-state index >= 15 is 0 Å². The Balaban J connectivity index is 2.02. The second kappa shape index (κ2) is 4.46. The lowest BCUT2D eigenvalue weighted by Crippen LogP contribution is -2.35. The van der Waals surface area contributed by atoms with Gasteiger partial charge in [0.15, 0.2) is 0 Å². The number of hydrogen-bond donors (Lipinski definition) is 1. The van der Waals surface area contributed by atoms with Gasteiger partial charge in [0.25, 0.3) is 0 Å². The molecule has 1 aromatic rings. The predicted octanol–water partition coefficient (Wildman–Crippen LogP) is 3.08. The summed E-state index contributed by atoms with van der Waals surface area (Å²) in [6.07, 6.45) is 2.96. The molecule has 0 aromatic heterocycles. The van der Waals surface area contributed by atoms with Gasteiger partial charge < -0.3 is 5.11 Å². The Kier molecular flexibility index (Phi) is 3.03. The summed E-state index contributed by atoms with van der Waals surface area (Å²) in [6, 6.07) is 3.48. The van der Waals surface area contributed by atoms with Gasteiger partial charge in [0.2, 0.25) is 0 Å². The molecule has 0 radical (unpaired) electrons. The van der Waals surface area contributed by atoms with Crippen LogP contribution in [-0.4, -0.2) is 15.6 Å². The molecule has 2 heterocycles. The van der Waals surface area contributed by atoms with Crippen molar-refractivity contribution in [1.29, 1.82) is 5.26 Å². The van der Waals surface area contributed by atoms with Gasteiger partial charge in [-0.15, -0.1) is 0 Å². The standard InChI is InChI=1S/C14H13F2NOS/c15-12-4-11(13(16)3-8(12)7-17)14(18)5-9-1-2-10(6-14)19-9/h3-4,9-10,18H,1-2,5-6H2. The van der Waals surface area contributed by atoms with Gasteiger partial charge in [-0.2, -0.15) is 17.0 Å². The first-order valence-electron chi connectivity index (χ1n) is 6.29. The van der Waals surface area contributed by atoms with E-state index in [9.17, 15) is 13.9 Å². The summed E-state index contributed by atoms with van der Waals surface area (Å²) in [4.78, 5) is 0. The number of thioether (sulfide) groups is 1. The van der Waals surface area contributed by atoms with Gasteiger partial charge >= 0.3 is 0 Å². The fourth-order valence-electron chi connectivity index (χ4n) is 3.13. The molecule has 2 bridgehead atoms. The van der Waals surface area contributed by atoms with Crippen LogP contribution in [0.2, 0.25) is 0 Å². The number of halogens is 2. The highest BCUT2D eigenvalue weighted by Crippen LogP contribution is 2.51. The lowest BCUT2D eigenvalue weighted by molar-refractivity contribution is 0.0159. The number of aliphatic hydroxyl groups is 1. The van der Waals surface area contributed by atoms with Crippen LogP contribution in [0.15, 0.2) is 12.1 Å². The van der Waals surface area contributed by atoms with E-state index in [-0.39, 0.29) is 11.1 Å². The normalized spacial score (nSPS) is 33.2. The quantitative estimate of drug-likeness (QED) is 0.860. The third kappa shape index (κ3) is 2.13. The summed E-state index contributed by atoms with van der Waals surface area (Å²) in [5.41, 5.74) is -1.62. The lowest BCUT2D eigenvalue weighted by Gasteiger charge is -2.36. The molecule has 2 fully saturated rings. The molecule has 0 aliphatic carbocycles. The first-order valence-corrected chi connectivity index (χ1v) is 7.23. The number of rotatable bonds is 1. The van der Waals surface area contributed by atoms with Crippen molar-refractivity contribution in [3.63, 3.8) is 0 Å². The number of hydrogen-bond acceptors (Lipinski definition) is 3. The lowest BCUT2D eigenvalue weighted by atomic mass is 9.85. The molecule has 0 amide bonds. The Morgan fingerprint density at radius 2 is 1.84 bits per heavy atom. The van der Waals surface area contributed by atoms with Crippen molar-refractivity contribution >= 4 is 11.8 Å².